The highest BCUT2D eigenvalue weighted by Crippen LogP contribution is 2.42. The second kappa shape index (κ2) is 12.1. The summed E-state index contributed by atoms with van der Waals surface area (Å²) in [5.74, 6) is 1.17. The summed E-state index contributed by atoms with van der Waals surface area (Å²) in [6.45, 7) is 7.12. The van der Waals surface area contributed by atoms with Crippen LogP contribution in [0, 0.1) is 19.3 Å². The molecule has 1 amide bonds. The van der Waals surface area contributed by atoms with Crippen molar-refractivity contribution >= 4 is 32.7 Å². The van der Waals surface area contributed by atoms with Gasteiger partial charge >= 0.3 is 0 Å². The second-order valence-corrected chi connectivity index (χ2v) is 14.6. The average molecular weight is 631 g/mol. The first kappa shape index (κ1) is 31.0. The van der Waals surface area contributed by atoms with Crippen LogP contribution in [0.5, 0.6) is 5.75 Å². The Morgan fingerprint density at radius 3 is 2.22 bits per heavy atom. The highest BCUT2D eigenvalue weighted by atomic mass is 32.2. The van der Waals surface area contributed by atoms with E-state index in [0.29, 0.717) is 33.8 Å². The van der Waals surface area contributed by atoms with Crippen molar-refractivity contribution in [2.24, 2.45) is 12.5 Å². The summed E-state index contributed by atoms with van der Waals surface area (Å²) in [5, 5.41) is 0. The number of sulfonamides is 1. The first-order valence-electron chi connectivity index (χ1n) is 15.5. The zero-order valence-electron chi connectivity index (χ0n) is 26.8. The molecule has 10 nitrogen and oxygen atoms in total. The Hall–Kier alpha value is -3.96. The number of hydrogen-bond donors (Lipinski definition) is 0. The maximum atomic E-state index is 13.9. The highest BCUT2D eigenvalue weighted by molar-refractivity contribution is 7.89. The molecular formula is C34H42N6O4S. The van der Waals surface area contributed by atoms with Gasteiger partial charge in [0.1, 0.15) is 17.1 Å². The molecule has 2 fully saturated rings. The van der Waals surface area contributed by atoms with Crippen molar-refractivity contribution in [1.82, 2.24) is 23.7 Å². The molecule has 2 aromatic heterocycles. The summed E-state index contributed by atoms with van der Waals surface area (Å²) in [7, 11) is 1.19. The standard InChI is InChI=1S/C34H42N6O4S/c1-24-21-27(44-5)22-25(2)32(24)45(42,43)37(3)23-30-36-31-28(7-6-8-29(31)38(30)4)33(41)40-19-13-34(14-20-40)11-17-39(18-12-34)26-9-15-35-16-10-26/h6-10,15-16,21-22H,11-14,17-20,23H2,1-5H3. The number of pyridine rings is 1. The van der Waals surface area contributed by atoms with Crippen molar-refractivity contribution < 1.29 is 17.9 Å². The molecule has 4 aromatic rings. The molecule has 2 saturated heterocycles. The maximum absolute atomic E-state index is 13.9. The van der Waals surface area contributed by atoms with Crippen molar-refractivity contribution in [1.29, 1.82) is 0 Å². The summed E-state index contributed by atoms with van der Waals surface area (Å²) in [6, 6.07) is 13.3. The number of imidazole rings is 1. The number of amides is 1. The quantitative estimate of drug-likeness (QED) is 0.285. The van der Waals surface area contributed by atoms with Gasteiger partial charge in [0.25, 0.3) is 5.91 Å². The van der Waals surface area contributed by atoms with E-state index in [1.807, 2.05) is 47.1 Å². The van der Waals surface area contributed by atoms with Crippen LogP contribution in [-0.2, 0) is 23.6 Å². The number of methoxy groups -OCH3 is 1. The number of nitrogens with zero attached hydrogens (tertiary/aromatic N) is 6. The fourth-order valence-electron chi connectivity index (χ4n) is 7.10. The molecule has 0 unspecified atom stereocenters. The average Bonchev–Trinajstić information content (AvgIpc) is 3.36. The molecule has 0 N–H and O–H groups in total. The smallest absolute Gasteiger partial charge is 0.256 e. The van der Waals surface area contributed by atoms with Crippen molar-refractivity contribution in [3.05, 3.63) is 77.4 Å². The number of carbonyl (C=O) groups is 1. The number of aryl methyl sites for hydroxylation is 3. The van der Waals surface area contributed by atoms with E-state index in [9.17, 15) is 13.2 Å². The van der Waals surface area contributed by atoms with Crippen molar-refractivity contribution in [2.75, 3.05) is 45.2 Å². The Morgan fingerprint density at radius 1 is 0.978 bits per heavy atom. The van der Waals surface area contributed by atoms with Gasteiger partial charge in [-0.15, -0.1) is 0 Å². The Kier molecular flexibility index (Phi) is 8.34. The molecule has 2 aliphatic heterocycles. The van der Waals surface area contributed by atoms with E-state index in [-0.39, 0.29) is 22.8 Å². The largest absolute Gasteiger partial charge is 0.497 e. The SMILES string of the molecule is COc1cc(C)c(S(=O)(=O)N(C)Cc2nc3c(C(=O)N4CCC5(CC4)CCN(c4ccncc4)CC5)cccc3n2C)c(C)c1. The number of hydrogen-bond acceptors (Lipinski definition) is 7. The third-order valence-electron chi connectivity index (χ3n) is 9.90. The molecule has 0 radical (unpaired) electrons. The molecule has 238 valence electrons. The minimum atomic E-state index is -3.81. The summed E-state index contributed by atoms with van der Waals surface area (Å²) < 4.78 is 35.9. The minimum absolute atomic E-state index is 0.0141. The number of piperidine rings is 2. The van der Waals surface area contributed by atoms with Crippen LogP contribution in [0.25, 0.3) is 11.0 Å². The lowest BCUT2D eigenvalue weighted by Crippen LogP contribution is -2.48. The number of fused-ring (bicyclic) bond motifs is 1. The number of aromatic nitrogens is 3. The molecule has 0 saturated carbocycles. The Bertz CT molecular complexity index is 1800. The van der Waals surface area contributed by atoms with Crippen LogP contribution in [0.4, 0.5) is 5.69 Å². The molecule has 0 aliphatic carbocycles. The van der Waals surface area contributed by atoms with E-state index in [2.05, 4.69) is 22.0 Å². The van der Waals surface area contributed by atoms with Gasteiger partial charge in [0, 0.05) is 58.4 Å². The van der Waals surface area contributed by atoms with Gasteiger partial charge in [-0.2, -0.15) is 4.31 Å². The van der Waals surface area contributed by atoms with E-state index in [0.717, 1.165) is 57.4 Å². The summed E-state index contributed by atoms with van der Waals surface area (Å²) in [6.07, 6.45) is 7.95. The number of ether oxygens (including phenoxy) is 1. The van der Waals surface area contributed by atoms with Crippen molar-refractivity contribution in [2.45, 2.75) is 51.0 Å². The van der Waals surface area contributed by atoms with Gasteiger partial charge in [-0.3, -0.25) is 9.78 Å². The van der Waals surface area contributed by atoms with Crippen molar-refractivity contribution in [3.8, 4) is 5.75 Å². The van der Waals surface area contributed by atoms with Gasteiger partial charge in [0.2, 0.25) is 10.0 Å². The van der Waals surface area contributed by atoms with Crippen molar-refractivity contribution in [3.63, 3.8) is 0 Å². The Morgan fingerprint density at radius 2 is 1.60 bits per heavy atom. The van der Waals surface area contributed by atoms with Crippen LogP contribution in [0.3, 0.4) is 0 Å². The highest BCUT2D eigenvalue weighted by Gasteiger charge is 2.39. The monoisotopic (exact) mass is 630 g/mol. The number of likely N-dealkylation sites (tertiary alicyclic amines) is 1. The number of rotatable bonds is 7. The summed E-state index contributed by atoms with van der Waals surface area (Å²) in [4.78, 5) is 27.5. The maximum Gasteiger partial charge on any atom is 0.256 e. The van der Waals surface area contributed by atoms with Gasteiger partial charge in [-0.05, 0) is 92.5 Å². The fourth-order valence-corrected chi connectivity index (χ4v) is 8.63. The molecule has 1 spiro atoms. The van der Waals surface area contributed by atoms with Crippen LogP contribution in [-0.4, -0.2) is 78.4 Å². The van der Waals surface area contributed by atoms with Gasteiger partial charge in [0.05, 0.1) is 29.6 Å². The van der Waals surface area contributed by atoms with E-state index in [4.69, 9.17) is 9.72 Å². The molecular weight excluding hydrogens is 588 g/mol. The van der Waals surface area contributed by atoms with Gasteiger partial charge < -0.3 is 19.1 Å². The summed E-state index contributed by atoms with van der Waals surface area (Å²) >= 11 is 0. The molecule has 2 aromatic carbocycles. The number of anilines is 1. The molecule has 45 heavy (non-hydrogen) atoms. The molecule has 2 aliphatic rings. The van der Waals surface area contributed by atoms with E-state index in [1.54, 1.807) is 40.1 Å². The van der Waals surface area contributed by atoms with Gasteiger partial charge in [-0.1, -0.05) is 6.07 Å². The first-order chi connectivity index (χ1) is 21.5. The lowest BCUT2D eigenvalue weighted by molar-refractivity contribution is 0.0516. The number of benzene rings is 2. The fraction of sp³-hybridized carbons (Fsp3) is 0.441. The first-order valence-corrected chi connectivity index (χ1v) is 17.0. The molecule has 6 rings (SSSR count). The number of para-hydroxylation sites is 1. The van der Waals surface area contributed by atoms with Crippen LogP contribution >= 0.6 is 0 Å². The van der Waals surface area contributed by atoms with Gasteiger partial charge in [-0.25, -0.2) is 13.4 Å². The molecule has 0 bridgehead atoms. The van der Waals surface area contributed by atoms with E-state index >= 15 is 0 Å². The predicted octanol–water partition coefficient (Wildman–Crippen LogP) is 4.94. The second-order valence-electron chi connectivity index (χ2n) is 12.6. The predicted molar refractivity (Wildman–Crippen MR) is 175 cm³/mol. The van der Waals surface area contributed by atoms with Gasteiger partial charge in [0.15, 0.2) is 0 Å². The third-order valence-corrected chi connectivity index (χ3v) is 12.0. The molecule has 0 atom stereocenters. The summed E-state index contributed by atoms with van der Waals surface area (Å²) in [5.41, 5.74) is 4.72. The molecule has 4 heterocycles. The zero-order valence-corrected chi connectivity index (χ0v) is 27.6. The normalized spacial score (nSPS) is 16.9. The number of carbonyl (C=O) groups excluding carboxylic acids is 1. The van der Waals surface area contributed by atoms with Crippen LogP contribution < -0.4 is 9.64 Å². The van der Waals surface area contributed by atoms with Crippen LogP contribution in [0.2, 0.25) is 0 Å². The zero-order chi connectivity index (χ0) is 31.9. The van der Waals surface area contributed by atoms with Crippen LogP contribution in [0.15, 0.2) is 59.8 Å². The van der Waals surface area contributed by atoms with Crippen LogP contribution in [0.1, 0.15) is 53.0 Å². The van der Waals surface area contributed by atoms with E-state index < -0.39 is 10.0 Å². The minimum Gasteiger partial charge on any atom is -0.497 e. The lowest BCUT2D eigenvalue weighted by Gasteiger charge is -2.47. The van der Waals surface area contributed by atoms with E-state index in [1.165, 1.54) is 9.99 Å². The Labute approximate surface area is 265 Å². The third kappa shape index (κ3) is 5.79. The topological polar surface area (TPSA) is 101 Å². The lowest BCUT2D eigenvalue weighted by atomic mass is 9.71. The molecule has 11 heteroatoms. The Balaban J connectivity index is 1.16.